The van der Waals surface area contributed by atoms with Crippen molar-refractivity contribution >= 4 is 43.6 Å². The van der Waals surface area contributed by atoms with Gasteiger partial charge in [0.25, 0.3) is 0 Å². The van der Waals surface area contributed by atoms with Gasteiger partial charge in [-0.2, -0.15) is 0 Å². The van der Waals surface area contributed by atoms with Gasteiger partial charge in [-0.3, -0.25) is 9.59 Å². The van der Waals surface area contributed by atoms with E-state index in [1.54, 1.807) is 14.1 Å². The summed E-state index contributed by atoms with van der Waals surface area (Å²) in [6.07, 6.45) is 1.23. The first-order valence-electron chi connectivity index (χ1n) is 3.19. The molecular weight excluding hydrogens is 290 g/mol. The van der Waals surface area contributed by atoms with E-state index in [0.29, 0.717) is 3.39 Å². The third-order valence-corrected chi connectivity index (χ3v) is 1.55. The van der Waals surface area contributed by atoms with E-state index in [2.05, 4.69) is 31.9 Å². The van der Waals surface area contributed by atoms with Crippen molar-refractivity contribution in [2.45, 2.75) is 6.42 Å². The lowest BCUT2D eigenvalue weighted by Crippen LogP contribution is -2.23. The fourth-order valence-corrected chi connectivity index (χ4v) is 0.991. The van der Waals surface area contributed by atoms with E-state index in [9.17, 15) is 9.59 Å². The van der Waals surface area contributed by atoms with Gasteiger partial charge in [0.15, 0.2) is 5.78 Å². The molecule has 0 fully saturated rings. The molecule has 0 spiro atoms. The van der Waals surface area contributed by atoms with Gasteiger partial charge in [0.2, 0.25) is 5.91 Å². The van der Waals surface area contributed by atoms with Crippen LogP contribution in [0, 0.1) is 0 Å². The number of allylic oxidation sites excluding steroid dienone is 1. The maximum atomic E-state index is 11.0. The molecule has 0 unspecified atom stereocenters. The zero-order valence-corrected chi connectivity index (χ0v) is 9.98. The molecule has 12 heavy (non-hydrogen) atoms. The molecule has 68 valence electrons. The van der Waals surface area contributed by atoms with Crippen LogP contribution in [0.3, 0.4) is 0 Å². The Hall–Kier alpha value is -0.160. The normalized spacial score (nSPS) is 9.00. The highest BCUT2D eigenvalue weighted by atomic mass is 79.9. The summed E-state index contributed by atoms with van der Waals surface area (Å²) in [7, 11) is 3.23. The van der Waals surface area contributed by atoms with Crippen LogP contribution in [-0.4, -0.2) is 30.7 Å². The van der Waals surface area contributed by atoms with E-state index in [0.717, 1.165) is 0 Å². The van der Waals surface area contributed by atoms with Gasteiger partial charge in [0.1, 0.15) is 0 Å². The van der Waals surface area contributed by atoms with Gasteiger partial charge in [-0.1, -0.05) is 0 Å². The Labute approximate surface area is 88.1 Å². The smallest absolute Gasteiger partial charge is 0.229 e. The molecule has 0 aliphatic carbocycles. The fraction of sp³-hybridized carbons (Fsp3) is 0.429. The molecule has 0 bridgehead atoms. The largest absolute Gasteiger partial charge is 0.348 e. The number of amides is 1. The Bertz CT molecular complexity index is 219. The van der Waals surface area contributed by atoms with Crippen LogP contribution in [0.1, 0.15) is 6.42 Å². The highest BCUT2D eigenvalue weighted by Gasteiger charge is 2.08. The predicted octanol–water partition coefficient (Wildman–Crippen LogP) is 1.66. The van der Waals surface area contributed by atoms with E-state index >= 15 is 0 Å². The van der Waals surface area contributed by atoms with Crippen LogP contribution in [0.4, 0.5) is 0 Å². The molecule has 0 aromatic heterocycles. The number of carbonyl (C=O) groups is 2. The van der Waals surface area contributed by atoms with Crippen LogP contribution in [0.15, 0.2) is 9.47 Å². The topological polar surface area (TPSA) is 37.4 Å². The Morgan fingerprint density at radius 2 is 1.83 bits per heavy atom. The van der Waals surface area contributed by atoms with Gasteiger partial charge in [0, 0.05) is 20.2 Å². The Morgan fingerprint density at radius 1 is 1.33 bits per heavy atom. The molecule has 0 rings (SSSR count). The van der Waals surface area contributed by atoms with E-state index in [1.165, 1.54) is 11.0 Å². The summed E-state index contributed by atoms with van der Waals surface area (Å²) in [5, 5.41) is 0. The quantitative estimate of drug-likeness (QED) is 0.587. The van der Waals surface area contributed by atoms with Gasteiger partial charge in [-0.15, -0.1) is 0 Å². The second-order valence-electron chi connectivity index (χ2n) is 2.37. The zero-order valence-electron chi connectivity index (χ0n) is 6.80. The van der Waals surface area contributed by atoms with E-state index in [-0.39, 0.29) is 18.1 Å². The molecule has 0 N–H and O–H groups in total. The highest BCUT2D eigenvalue weighted by Crippen LogP contribution is 2.12. The summed E-state index contributed by atoms with van der Waals surface area (Å²) < 4.78 is 0.548. The summed E-state index contributed by atoms with van der Waals surface area (Å²) in [5.41, 5.74) is 0. The van der Waals surface area contributed by atoms with Crippen molar-refractivity contribution in [3.63, 3.8) is 0 Å². The summed E-state index contributed by atoms with van der Waals surface area (Å²) in [6, 6.07) is 0. The van der Waals surface area contributed by atoms with Crippen molar-refractivity contribution in [1.82, 2.24) is 4.90 Å². The summed E-state index contributed by atoms with van der Waals surface area (Å²) in [6.45, 7) is 0. The predicted molar refractivity (Wildman–Crippen MR) is 54.3 cm³/mol. The molecule has 0 saturated heterocycles. The molecule has 0 aromatic rings. The van der Waals surface area contributed by atoms with Crippen LogP contribution in [0.2, 0.25) is 0 Å². The molecule has 0 radical (unpaired) electrons. The number of hydrogen-bond acceptors (Lipinski definition) is 2. The Kier molecular flexibility index (Phi) is 5.41. The number of halogens is 2. The number of hydrogen-bond donors (Lipinski definition) is 0. The van der Waals surface area contributed by atoms with E-state index in [4.69, 9.17) is 0 Å². The minimum absolute atomic E-state index is 0.0896. The molecule has 0 aliphatic rings. The van der Waals surface area contributed by atoms with Gasteiger partial charge >= 0.3 is 0 Å². The molecule has 0 saturated carbocycles. The molecule has 3 nitrogen and oxygen atoms in total. The van der Waals surface area contributed by atoms with Crippen LogP contribution in [0.25, 0.3) is 0 Å². The molecule has 0 aromatic carbocycles. The third kappa shape index (κ3) is 5.49. The van der Waals surface area contributed by atoms with Crippen LogP contribution < -0.4 is 0 Å². The number of ketones is 1. The minimum atomic E-state index is -0.225. The minimum Gasteiger partial charge on any atom is -0.348 e. The number of nitrogens with zero attached hydrogens (tertiary/aromatic N) is 1. The Balaban J connectivity index is 4.03. The van der Waals surface area contributed by atoms with Crippen molar-refractivity contribution in [2.75, 3.05) is 14.1 Å². The number of rotatable bonds is 3. The molecule has 0 atom stereocenters. The lowest BCUT2D eigenvalue weighted by atomic mass is 10.2. The van der Waals surface area contributed by atoms with E-state index in [1.807, 2.05) is 0 Å². The molecule has 0 aliphatic heterocycles. The van der Waals surface area contributed by atoms with Crippen molar-refractivity contribution < 1.29 is 9.59 Å². The molecular formula is C7H9Br2NO2. The monoisotopic (exact) mass is 297 g/mol. The molecule has 0 heterocycles. The van der Waals surface area contributed by atoms with Crippen LogP contribution >= 0.6 is 31.9 Å². The van der Waals surface area contributed by atoms with Gasteiger partial charge < -0.3 is 4.90 Å². The van der Waals surface area contributed by atoms with Crippen LogP contribution in [0.5, 0.6) is 0 Å². The van der Waals surface area contributed by atoms with Gasteiger partial charge in [-0.05, 0) is 31.9 Å². The van der Waals surface area contributed by atoms with Crippen molar-refractivity contribution in [3.05, 3.63) is 9.47 Å². The van der Waals surface area contributed by atoms with E-state index < -0.39 is 0 Å². The first kappa shape index (κ1) is 11.8. The third-order valence-electron chi connectivity index (χ3n) is 1.09. The molecule has 1 amide bonds. The van der Waals surface area contributed by atoms with Crippen molar-refractivity contribution in [3.8, 4) is 0 Å². The lowest BCUT2D eigenvalue weighted by molar-refractivity contribution is -0.132. The lowest BCUT2D eigenvalue weighted by Gasteiger charge is -2.07. The summed E-state index contributed by atoms with van der Waals surface area (Å²) >= 11 is 6.07. The molecule has 5 heteroatoms. The second-order valence-corrected chi connectivity index (χ2v) is 5.14. The average Bonchev–Trinajstić information content (AvgIpc) is 1.84. The summed E-state index contributed by atoms with van der Waals surface area (Å²) in [4.78, 5) is 23.3. The maximum Gasteiger partial charge on any atom is 0.229 e. The summed E-state index contributed by atoms with van der Waals surface area (Å²) in [5.74, 6) is -0.421. The van der Waals surface area contributed by atoms with Gasteiger partial charge in [-0.25, -0.2) is 0 Å². The number of carbonyl (C=O) groups excluding carboxylic acids is 2. The second kappa shape index (κ2) is 5.48. The standard InChI is InChI=1S/C7H9Br2NO2/c1-10(2)7(12)4-5(11)3-6(8)9/h3H,4H2,1-2H3. The van der Waals surface area contributed by atoms with Crippen molar-refractivity contribution in [2.24, 2.45) is 0 Å². The highest BCUT2D eigenvalue weighted by molar-refractivity contribution is 9.28. The maximum absolute atomic E-state index is 11.0. The van der Waals surface area contributed by atoms with Crippen molar-refractivity contribution in [1.29, 1.82) is 0 Å². The SMILES string of the molecule is CN(C)C(=O)CC(=O)C=C(Br)Br. The zero-order chi connectivity index (χ0) is 9.72. The first-order valence-corrected chi connectivity index (χ1v) is 4.77. The fourth-order valence-electron chi connectivity index (χ4n) is 0.480. The van der Waals surface area contributed by atoms with Gasteiger partial charge in [0.05, 0.1) is 9.81 Å². The average molecular weight is 299 g/mol. The first-order chi connectivity index (χ1) is 5.43. The van der Waals surface area contributed by atoms with Crippen LogP contribution in [-0.2, 0) is 9.59 Å². The Morgan fingerprint density at radius 3 is 2.17 bits per heavy atom.